The van der Waals surface area contributed by atoms with Gasteiger partial charge in [-0.05, 0) is 77.1 Å². The lowest BCUT2D eigenvalue weighted by Crippen LogP contribution is -2.63. The zero-order valence-electron chi connectivity index (χ0n) is 43.0. The molecule has 3 aliphatic rings. The smallest absolute Gasteiger partial charge is 0.308 e. The number of cyclic esters (lactones) is 1. The highest BCUT2D eigenvalue weighted by molar-refractivity contribution is 5.91. The maximum Gasteiger partial charge on any atom is 0.308 e. The van der Waals surface area contributed by atoms with E-state index in [2.05, 4.69) is 43.2 Å². The van der Waals surface area contributed by atoms with Gasteiger partial charge in [0.15, 0.2) is 24.1 Å². The molecule has 3 aliphatic heterocycles. The van der Waals surface area contributed by atoms with Crippen LogP contribution in [0.5, 0.6) is 0 Å². The molecule has 17 heteroatoms. The summed E-state index contributed by atoms with van der Waals surface area (Å²) in [6.07, 6.45) is -1.51. The minimum absolute atomic E-state index is 0.00566. The maximum absolute atomic E-state index is 14.1. The Balaban J connectivity index is 1.47. The van der Waals surface area contributed by atoms with Crippen LogP contribution >= 0.6 is 0 Å². The number of benzene rings is 1. The van der Waals surface area contributed by atoms with Crippen molar-refractivity contribution in [1.82, 2.24) is 19.9 Å². The van der Waals surface area contributed by atoms with Crippen LogP contribution in [0.2, 0.25) is 0 Å². The van der Waals surface area contributed by atoms with Crippen molar-refractivity contribution < 1.29 is 63.2 Å². The average Bonchev–Trinajstić information content (AvgIpc) is 3.74. The van der Waals surface area contributed by atoms with Gasteiger partial charge >= 0.3 is 5.97 Å². The molecule has 1 saturated heterocycles. The van der Waals surface area contributed by atoms with Gasteiger partial charge in [-0.15, -0.1) is 5.10 Å². The molecule has 5 rings (SSSR count). The lowest BCUT2D eigenvalue weighted by atomic mass is 9.79. The van der Waals surface area contributed by atoms with Gasteiger partial charge in [-0.2, -0.15) is 0 Å². The van der Waals surface area contributed by atoms with Crippen molar-refractivity contribution in [3.8, 4) is 11.3 Å². The summed E-state index contributed by atoms with van der Waals surface area (Å²) in [6, 6.07) is 7.51. The molecule has 15 atom stereocenters. The molecule has 2 aromatic rings. The van der Waals surface area contributed by atoms with E-state index in [9.17, 15) is 30.0 Å². The van der Waals surface area contributed by atoms with Gasteiger partial charge in [0.2, 0.25) is 0 Å². The first-order valence-electron chi connectivity index (χ1n) is 24.4. The molecule has 0 amide bonds. The molecular formula is C52H80N4O13. The zero-order valence-corrected chi connectivity index (χ0v) is 43.0. The van der Waals surface area contributed by atoms with Gasteiger partial charge in [-0.3, -0.25) is 14.3 Å². The SMILES string of the molecule is CC[C@H]1OC(=O)C[C@@H](O)[C@H](C)[C@@H](O[C@@H]2O[C@H](C)[C@@H](O)C(N(C)C)C2O)[C@@H](CCn2cc(-c3ccc(C(C)(C)C)cc3)nn2)C[C@@H](C)C(=O)/C=C/C(C)=C/[C@@H]1CO[C@@H]1OC(C)C(O)=C(OC)CC1OC. The molecule has 4 N–H and O–H groups in total. The number of allylic oxidation sites excluding steroid dienone is 3. The van der Waals surface area contributed by atoms with Gasteiger partial charge in [-0.25, -0.2) is 0 Å². The number of hydrogen-bond acceptors (Lipinski definition) is 16. The Morgan fingerprint density at radius 2 is 1.64 bits per heavy atom. The molecule has 17 nitrogen and oxygen atoms in total. The number of likely N-dealkylation sites (N-methyl/N-ethyl adjacent to an activating group) is 1. The Labute approximate surface area is 408 Å². The number of aliphatic hydroxyl groups is 4. The summed E-state index contributed by atoms with van der Waals surface area (Å²) in [6.45, 7) is 17.6. The standard InChI is InChI=1S/C52H80N4O13/c1-14-41-36(28-65-50-43(64-13)26-42(63-12)46(60)32(5)66-50)23-29(2)15-20-39(57)30(3)24-35(21-22-56-27-38(53-54-56)34-16-18-37(19-17-34)52(7,8)9)49(31(4)40(58)25-44(59)68-41)69-51-48(62)45(55(10)11)47(61)33(6)67-51/h15-20,23,27,30-33,35-36,40-41,43,45,47-51,58,60-62H,14,21-22,24-26,28H2,1-13H3/b20-15+,29-23+/t30-,31+,32?,33-,35+,36-,40-,41-,43?,45?,47-,48?,49-,50-,51+/m1/s1. The molecule has 4 heterocycles. The highest BCUT2D eigenvalue weighted by atomic mass is 16.7. The van der Waals surface area contributed by atoms with Crippen molar-refractivity contribution in [2.75, 3.05) is 34.9 Å². The molecule has 0 saturated carbocycles. The predicted molar refractivity (Wildman–Crippen MR) is 258 cm³/mol. The number of rotatable bonds is 13. The molecule has 1 aromatic carbocycles. The Hall–Kier alpha value is -4.04. The van der Waals surface area contributed by atoms with E-state index in [-0.39, 0.29) is 30.0 Å². The van der Waals surface area contributed by atoms with Crippen molar-refractivity contribution in [2.45, 2.75) is 174 Å². The van der Waals surface area contributed by atoms with Crippen LogP contribution in [0.25, 0.3) is 11.3 Å². The molecule has 0 bridgehead atoms. The third-order valence-electron chi connectivity index (χ3n) is 14.0. The van der Waals surface area contributed by atoms with E-state index in [0.29, 0.717) is 37.3 Å². The Kier molecular flexibility index (Phi) is 20.1. The number of ether oxygens (including phenoxy) is 7. The number of ketones is 1. The first-order valence-corrected chi connectivity index (χ1v) is 24.4. The molecule has 0 spiro atoms. The number of aryl methyl sites for hydroxylation is 1. The molecule has 0 aliphatic carbocycles. The molecule has 4 unspecified atom stereocenters. The van der Waals surface area contributed by atoms with Crippen LogP contribution in [-0.4, -0.2) is 154 Å². The van der Waals surface area contributed by atoms with E-state index in [1.165, 1.54) is 19.8 Å². The van der Waals surface area contributed by atoms with Gasteiger partial charge in [0.25, 0.3) is 0 Å². The van der Waals surface area contributed by atoms with Crippen LogP contribution < -0.4 is 0 Å². The number of aromatic nitrogens is 3. The number of nitrogens with zero attached hydrogens (tertiary/aromatic N) is 4. The van der Waals surface area contributed by atoms with E-state index in [1.807, 2.05) is 45.2 Å². The van der Waals surface area contributed by atoms with Crippen molar-refractivity contribution in [2.24, 2.45) is 23.7 Å². The van der Waals surface area contributed by atoms with Crippen LogP contribution in [0.3, 0.4) is 0 Å². The fourth-order valence-electron chi connectivity index (χ4n) is 9.52. The maximum atomic E-state index is 14.1. The monoisotopic (exact) mass is 969 g/mol. The first-order chi connectivity index (χ1) is 32.6. The van der Waals surface area contributed by atoms with E-state index in [0.717, 1.165) is 11.1 Å². The zero-order chi connectivity index (χ0) is 50.9. The lowest BCUT2D eigenvalue weighted by Gasteiger charge is -2.46. The van der Waals surface area contributed by atoms with E-state index in [1.54, 1.807) is 56.6 Å². The van der Waals surface area contributed by atoms with E-state index >= 15 is 0 Å². The summed E-state index contributed by atoms with van der Waals surface area (Å²) in [4.78, 5) is 29.8. The highest BCUT2D eigenvalue weighted by Crippen LogP contribution is 2.36. The highest BCUT2D eigenvalue weighted by Gasteiger charge is 2.47. The normalized spacial score (nSPS) is 35.0. The van der Waals surface area contributed by atoms with Gasteiger partial charge in [0, 0.05) is 43.4 Å². The van der Waals surface area contributed by atoms with Crippen LogP contribution in [0.4, 0.5) is 0 Å². The minimum Gasteiger partial charge on any atom is -0.506 e. The van der Waals surface area contributed by atoms with Crippen molar-refractivity contribution in [3.05, 3.63) is 71.3 Å². The summed E-state index contributed by atoms with van der Waals surface area (Å²) >= 11 is 0. The molecule has 1 aromatic heterocycles. The number of esters is 1. The van der Waals surface area contributed by atoms with Crippen LogP contribution in [0.15, 0.2) is 65.8 Å². The summed E-state index contributed by atoms with van der Waals surface area (Å²) in [7, 11) is 6.49. The number of carbonyl (C=O) groups is 2. The molecule has 386 valence electrons. The van der Waals surface area contributed by atoms with Gasteiger partial charge in [-0.1, -0.05) is 88.7 Å². The third-order valence-corrected chi connectivity index (χ3v) is 14.0. The van der Waals surface area contributed by atoms with Gasteiger partial charge < -0.3 is 58.5 Å². The summed E-state index contributed by atoms with van der Waals surface area (Å²) in [5.41, 5.74) is 3.54. The van der Waals surface area contributed by atoms with Crippen molar-refractivity contribution >= 4 is 11.8 Å². The van der Waals surface area contributed by atoms with Crippen molar-refractivity contribution in [3.63, 3.8) is 0 Å². The topological polar surface area (TPSA) is 214 Å². The van der Waals surface area contributed by atoms with Crippen LogP contribution in [0.1, 0.15) is 100.0 Å². The molecule has 1 fully saturated rings. The van der Waals surface area contributed by atoms with Crippen LogP contribution in [0, 0.1) is 23.7 Å². The number of hydrogen-bond donors (Lipinski definition) is 4. The minimum atomic E-state index is -1.30. The fourth-order valence-corrected chi connectivity index (χ4v) is 9.52. The second-order valence-corrected chi connectivity index (χ2v) is 20.5. The van der Waals surface area contributed by atoms with Crippen LogP contribution in [-0.2, 0) is 54.7 Å². The van der Waals surface area contributed by atoms with Gasteiger partial charge in [0.1, 0.15) is 35.9 Å². The lowest BCUT2D eigenvalue weighted by molar-refractivity contribution is -0.304. The Bertz CT molecular complexity index is 2060. The number of carbonyl (C=O) groups excluding carboxylic acids is 2. The summed E-state index contributed by atoms with van der Waals surface area (Å²) in [5, 5.41) is 54.5. The van der Waals surface area contributed by atoms with E-state index in [4.69, 9.17) is 33.2 Å². The Morgan fingerprint density at radius 1 is 0.942 bits per heavy atom. The van der Waals surface area contributed by atoms with E-state index < -0.39 is 104 Å². The number of methoxy groups -OCH3 is 2. The summed E-state index contributed by atoms with van der Waals surface area (Å²) in [5.74, 6) is -2.79. The largest absolute Gasteiger partial charge is 0.506 e. The second-order valence-electron chi connectivity index (χ2n) is 20.5. The first kappa shape index (κ1) is 55.9. The second kappa shape index (κ2) is 24.9. The molecular weight excluding hydrogens is 889 g/mol. The summed E-state index contributed by atoms with van der Waals surface area (Å²) < 4.78 is 44.4. The number of aliphatic hydroxyl groups excluding tert-OH is 4. The Morgan fingerprint density at radius 3 is 2.26 bits per heavy atom. The average molecular weight is 969 g/mol. The molecule has 69 heavy (non-hydrogen) atoms. The van der Waals surface area contributed by atoms with Crippen molar-refractivity contribution in [1.29, 1.82) is 0 Å². The molecule has 0 radical (unpaired) electrons. The quantitative estimate of drug-likeness (QED) is 0.168. The van der Waals surface area contributed by atoms with Gasteiger partial charge in [0.05, 0.1) is 56.8 Å². The predicted octanol–water partition coefficient (Wildman–Crippen LogP) is 6.05. The fraction of sp³-hybridized carbons (Fsp3) is 0.692. The third kappa shape index (κ3) is 14.5.